The van der Waals surface area contributed by atoms with Crippen molar-refractivity contribution in [1.29, 1.82) is 0 Å². The Morgan fingerprint density at radius 2 is 2.20 bits per heavy atom. The highest BCUT2D eigenvalue weighted by Gasteiger charge is 2.17. The van der Waals surface area contributed by atoms with Gasteiger partial charge in [-0.15, -0.1) is 6.58 Å². The summed E-state index contributed by atoms with van der Waals surface area (Å²) in [6, 6.07) is 4.07. The monoisotopic (exact) mass is 315 g/mol. The molecule has 0 unspecified atom stereocenters. The summed E-state index contributed by atoms with van der Waals surface area (Å²) in [6.45, 7) is 5.49. The molecule has 7 heteroatoms. The first-order valence-corrected chi connectivity index (χ1v) is 8.54. The van der Waals surface area contributed by atoms with Crippen LogP contribution in [0.1, 0.15) is 15.9 Å². The molecule has 1 aromatic rings. The lowest BCUT2D eigenvalue weighted by Gasteiger charge is -2.08. The van der Waals surface area contributed by atoms with E-state index in [1.807, 2.05) is 0 Å². The topological polar surface area (TPSA) is 83.5 Å². The third-order valence-electron chi connectivity index (χ3n) is 2.52. The fourth-order valence-corrected chi connectivity index (χ4v) is 3.26. The lowest BCUT2D eigenvalue weighted by Crippen LogP contribution is -2.26. The molecule has 0 saturated carbocycles. The smallest absolute Gasteiger partial charge is 0.335 e. The molecular weight excluding hydrogens is 298 g/mol. The number of hydrogen-bond donors (Lipinski definition) is 2. The molecule has 0 radical (unpaired) electrons. The average molecular weight is 315 g/mol. The summed E-state index contributed by atoms with van der Waals surface area (Å²) in [5.74, 6) is 0.249. The molecule has 0 amide bonds. The standard InChI is InChI=1S/C13H17NO4S2/c1-3-7-19-8-6-14-20(17,18)11-5-4-10(2)12(9-11)13(15)16/h3-5,9,14H,1,6-8H2,2H3,(H,15,16). The molecule has 20 heavy (non-hydrogen) atoms. The number of hydrogen-bond acceptors (Lipinski definition) is 4. The number of aromatic carboxylic acids is 1. The highest BCUT2D eigenvalue weighted by Crippen LogP contribution is 2.15. The number of aryl methyl sites for hydroxylation is 1. The first kappa shape index (κ1) is 16.7. The van der Waals surface area contributed by atoms with Gasteiger partial charge in [-0.25, -0.2) is 17.9 Å². The van der Waals surface area contributed by atoms with Crippen LogP contribution in [-0.2, 0) is 10.0 Å². The van der Waals surface area contributed by atoms with Crippen LogP contribution in [0.3, 0.4) is 0 Å². The van der Waals surface area contributed by atoms with Crippen molar-refractivity contribution in [2.45, 2.75) is 11.8 Å². The Bertz CT molecular complexity index is 596. The summed E-state index contributed by atoms with van der Waals surface area (Å²) in [5, 5.41) is 9.00. The summed E-state index contributed by atoms with van der Waals surface area (Å²) in [7, 11) is -3.67. The minimum absolute atomic E-state index is 0.00564. The van der Waals surface area contributed by atoms with Crippen molar-refractivity contribution in [1.82, 2.24) is 4.72 Å². The van der Waals surface area contributed by atoms with E-state index >= 15 is 0 Å². The number of carboxylic acid groups (broad SMARTS) is 1. The van der Waals surface area contributed by atoms with Crippen molar-refractivity contribution in [3.8, 4) is 0 Å². The van der Waals surface area contributed by atoms with Crippen molar-refractivity contribution in [3.05, 3.63) is 42.0 Å². The third-order valence-corrected chi connectivity index (χ3v) is 4.95. The van der Waals surface area contributed by atoms with E-state index in [-0.39, 0.29) is 17.0 Å². The van der Waals surface area contributed by atoms with E-state index in [0.717, 1.165) is 5.75 Å². The van der Waals surface area contributed by atoms with Crippen LogP contribution in [-0.4, -0.2) is 37.5 Å². The number of thioether (sulfide) groups is 1. The van der Waals surface area contributed by atoms with Gasteiger partial charge in [-0.05, 0) is 24.6 Å². The van der Waals surface area contributed by atoms with Crippen LogP contribution in [0.2, 0.25) is 0 Å². The predicted molar refractivity (Wildman–Crippen MR) is 80.8 cm³/mol. The molecule has 0 aliphatic carbocycles. The summed E-state index contributed by atoms with van der Waals surface area (Å²) >= 11 is 1.56. The maximum absolute atomic E-state index is 12.0. The van der Waals surface area contributed by atoms with E-state index in [1.54, 1.807) is 24.8 Å². The second kappa shape index (κ2) is 7.47. The van der Waals surface area contributed by atoms with E-state index in [9.17, 15) is 13.2 Å². The zero-order valence-electron chi connectivity index (χ0n) is 11.1. The van der Waals surface area contributed by atoms with Gasteiger partial charge in [0.05, 0.1) is 10.5 Å². The molecule has 110 valence electrons. The van der Waals surface area contributed by atoms with Crippen molar-refractivity contribution < 1.29 is 18.3 Å². The Hall–Kier alpha value is -1.31. The van der Waals surface area contributed by atoms with Crippen molar-refractivity contribution in [2.75, 3.05) is 18.1 Å². The number of nitrogens with one attached hydrogen (secondary N) is 1. The van der Waals surface area contributed by atoms with Crippen LogP contribution in [0.25, 0.3) is 0 Å². The molecule has 0 spiro atoms. The van der Waals surface area contributed by atoms with E-state index in [1.165, 1.54) is 18.2 Å². The maximum atomic E-state index is 12.0. The van der Waals surface area contributed by atoms with Gasteiger partial charge in [0, 0.05) is 18.1 Å². The van der Waals surface area contributed by atoms with Gasteiger partial charge in [0.1, 0.15) is 0 Å². The fourth-order valence-electron chi connectivity index (χ4n) is 1.50. The molecule has 0 fully saturated rings. The number of carbonyl (C=O) groups is 1. The van der Waals surface area contributed by atoms with Gasteiger partial charge in [0.25, 0.3) is 0 Å². The third kappa shape index (κ3) is 4.66. The Morgan fingerprint density at radius 3 is 2.80 bits per heavy atom. The summed E-state index contributed by atoms with van der Waals surface area (Å²) in [5.41, 5.74) is 0.520. The lowest BCUT2D eigenvalue weighted by atomic mass is 10.1. The maximum Gasteiger partial charge on any atom is 0.335 e. The van der Waals surface area contributed by atoms with Gasteiger partial charge in [-0.1, -0.05) is 12.1 Å². The first-order chi connectivity index (χ1) is 9.38. The van der Waals surface area contributed by atoms with E-state index in [2.05, 4.69) is 11.3 Å². The Kier molecular flexibility index (Phi) is 6.25. The van der Waals surface area contributed by atoms with Gasteiger partial charge in [0.15, 0.2) is 0 Å². The van der Waals surface area contributed by atoms with Gasteiger partial charge in [-0.3, -0.25) is 0 Å². The Balaban J connectivity index is 2.80. The second-order valence-corrected chi connectivity index (χ2v) is 6.96. The Morgan fingerprint density at radius 1 is 1.50 bits per heavy atom. The molecule has 1 rings (SSSR count). The molecular formula is C13H17NO4S2. The molecule has 0 aromatic heterocycles. The molecule has 0 bridgehead atoms. The van der Waals surface area contributed by atoms with Crippen LogP contribution < -0.4 is 4.72 Å². The number of carboxylic acids is 1. The normalized spacial score (nSPS) is 11.2. The number of rotatable bonds is 8. The molecule has 0 aliphatic heterocycles. The van der Waals surface area contributed by atoms with Gasteiger partial charge >= 0.3 is 5.97 Å². The lowest BCUT2D eigenvalue weighted by molar-refractivity contribution is 0.0696. The van der Waals surface area contributed by atoms with Crippen LogP contribution >= 0.6 is 11.8 Å². The molecule has 0 aliphatic rings. The zero-order chi connectivity index (χ0) is 15.2. The van der Waals surface area contributed by atoms with Crippen molar-refractivity contribution in [2.24, 2.45) is 0 Å². The number of benzene rings is 1. The first-order valence-electron chi connectivity index (χ1n) is 5.90. The molecule has 0 atom stereocenters. The van der Waals surface area contributed by atoms with E-state index < -0.39 is 16.0 Å². The summed E-state index contributed by atoms with van der Waals surface area (Å²) in [4.78, 5) is 11.0. The van der Waals surface area contributed by atoms with E-state index in [0.29, 0.717) is 11.3 Å². The van der Waals surface area contributed by atoms with Gasteiger partial charge < -0.3 is 5.11 Å². The average Bonchev–Trinajstić information content (AvgIpc) is 2.38. The highest BCUT2D eigenvalue weighted by molar-refractivity contribution is 7.99. The van der Waals surface area contributed by atoms with Gasteiger partial charge in [-0.2, -0.15) is 11.8 Å². The summed E-state index contributed by atoms with van der Waals surface area (Å²) < 4.78 is 26.5. The zero-order valence-corrected chi connectivity index (χ0v) is 12.8. The van der Waals surface area contributed by atoms with Crippen molar-refractivity contribution >= 4 is 27.8 Å². The van der Waals surface area contributed by atoms with Crippen LogP contribution in [0.5, 0.6) is 0 Å². The van der Waals surface area contributed by atoms with Gasteiger partial charge in [0.2, 0.25) is 10.0 Å². The van der Waals surface area contributed by atoms with Crippen LogP contribution in [0, 0.1) is 6.92 Å². The van der Waals surface area contributed by atoms with Crippen LogP contribution in [0.4, 0.5) is 0 Å². The molecule has 0 heterocycles. The summed E-state index contributed by atoms with van der Waals surface area (Å²) in [6.07, 6.45) is 1.75. The Labute approximate surface area is 123 Å². The second-order valence-electron chi connectivity index (χ2n) is 4.04. The van der Waals surface area contributed by atoms with Crippen molar-refractivity contribution in [3.63, 3.8) is 0 Å². The SMILES string of the molecule is C=CCSCCNS(=O)(=O)c1ccc(C)c(C(=O)O)c1. The molecule has 2 N–H and O–H groups in total. The molecule has 0 saturated heterocycles. The van der Waals surface area contributed by atoms with E-state index in [4.69, 9.17) is 5.11 Å². The quantitative estimate of drug-likeness (QED) is 0.565. The predicted octanol–water partition coefficient (Wildman–Crippen LogP) is 1.89. The minimum atomic E-state index is -3.67. The highest BCUT2D eigenvalue weighted by atomic mass is 32.2. The molecule has 5 nitrogen and oxygen atoms in total. The largest absolute Gasteiger partial charge is 0.478 e. The minimum Gasteiger partial charge on any atom is -0.478 e. The molecule has 1 aromatic carbocycles. The fraction of sp³-hybridized carbons (Fsp3) is 0.308. The van der Waals surface area contributed by atoms with Crippen LogP contribution in [0.15, 0.2) is 35.7 Å². The number of sulfonamides is 1.